The predicted molar refractivity (Wildman–Crippen MR) is 86.4 cm³/mol. The van der Waals surface area contributed by atoms with Crippen molar-refractivity contribution in [1.82, 2.24) is 0 Å². The molecule has 0 spiro atoms. The smallest absolute Gasteiger partial charge is 0.285 e. The zero-order valence-electron chi connectivity index (χ0n) is 12.3. The highest BCUT2D eigenvalue weighted by atomic mass is 19.1. The van der Waals surface area contributed by atoms with Gasteiger partial charge in [0, 0.05) is 17.8 Å². The number of anilines is 1. The normalized spacial score (nSPS) is 10.5. The maximum absolute atomic E-state index is 12.9. The van der Waals surface area contributed by atoms with Crippen LogP contribution >= 0.6 is 0 Å². The van der Waals surface area contributed by atoms with Crippen LogP contribution in [-0.2, 0) is 6.54 Å². The maximum atomic E-state index is 12.9. The molecule has 5 heteroatoms. The number of halogens is 1. The van der Waals surface area contributed by atoms with Crippen LogP contribution in [-0.4, -0.2) is 5.91 Å². The minimum atomic E-state index is -0.594. The number of carbonyl (C=O) groups is 1. The third-order valence-electron chi connectivity index (χ3n) is 3.49. The van der Waals surface area contributed by atoms with Gasteiger partial charge in [0.25, 0.3) is 5.91 Å². The quantitative estimate of drug-likeness (QED) is 0.753. The first kappa shape index (κ1) is 14.8. The second kappa shape index (κ2) is 6.36. The maximum Gasteiger partial charge on any atom is 0.285 e. The van der Waals surface area contributed by atoms with Crippen LogP contribution in [0.5, 0.6) is 0 Å². The third kappa shape index (κ3) is 3.40. The Balaban J connectivity index is 1.71. The number of nitrogens with one attached hydrogen (secondary N) is 1. The average Bonchev–Trinajstić information content (AvgIpc) is 3.05. The van der Waals surface area contributed by atoms with E-state index in [2.05, 4.69) is 5.32 Å². The van der Waals surface area contributed by atoms with E-state index >= 15 is 0 Å². The van der Waals surface area contributed by atoms with E-state index in [1.807, 2.05) is 24.3 Å². The molecule has 0 fully saturated rings. The first-order valence-electron chi connectivity index (χ1n) is 7.09. The molecule has 3 rings (SSSR count). The van der Waals surface area contributed by atoms with Gasteiger partial charge in [-0.05, 0) is 41.5 Å². The van der Waals surface area contributed by atoms with Crippen molar-refractivity contribution in [2.24, 2.45) is 5.73 Å². The molecule has 2 aromatic carbocycles. The Bertz CT molecular complexity index is 808. The van der Waals surface area contributed by atoms with Gasteiger partial charge in [-0.25, -0.2) is 4.39 Å². The minimum Gasteiger partial charge on any atom is -0.459 e. The number of carbonyl (C=O) groups excluding carboxylic acids is 1. The lowest BCUT2D eigenvalue weighted by molar-refractivity contribution is 0.0975. The van der Waals surface area contributed by atoms with E-state index < -0.39 is 5.91 Å². The highest BCUT2D eigenvalue weighted by Gasteiger charge is 2.13. The van der Waals surface area contributed by atoms with Crippen LogP contribution in [0, 0.1) is 5.82 Å². The Morgan fingerprint density at radius 3 is 2.39 bits per heavy atom. The molecule has 1 amide bonds. The zero-order chi connectivity index (χ0) is 16.2. The van der Waals surface area contributed by atoms with Gasteiger partial charge in [-0.15, -0.1) is 0 Å². The molecule has 0 saturated heterocycles. The largest absolute Gasteiger partial charge is 0.459 e. The number of rotatable bonds is 5. The van der Waals surface area contributed by atoms with Crippen molar-refractivity contribution < 1.29 is 13.6 Å². The monoisotopic (exact) mass is 310 g/mol. The first-order chi connectivity index (χ1) is 11.1. The Morgan fingerprint density at radius 1 is 1.04 bits per heavy atom. The molecule has 0 bridgehead atoms. The SMILES string of the molecule is NC(=O)c1occc1-c1ccc(NCc2ccc(F)cc2)cc1. The summed E-state index contributed by atoms with van der Waals surface area (Å²) in [6.07, 6.45) is 1.44. The van der Waals surface area contributed by atoms with Crippen molar-refractivity contribution in [3.63, 3.8) is 0 Å². The van der Waals surface area contributed by atoms with Crippen molar-refractivity contribution in [1.29, 1.82) is 0 Å². The molecule has 1 heterocycles. The number of benzene rings is 2. The number of furan rings is 1. The highest BCUT2D eigenvalue weighted by Crippen LogP contribution is 2.26. The van der Waals surface area contributed by atoms with Crippen LogP contribution in [0.1, 0.15) is 16.1 Å². The third-order valence-corrected chi connectivity index (χ3v) is 3.49. The summed E-state index contributed by atoms with van der Waals surface area (Å²) in [6.45, 7) is 0.595. The molecule has 0 aliphatic rings. The van der Waals surface area contributed by atoms with Gasteiger partial charge in [-0.2, -0.15) is 0 Å². The van der Waals surface area contributed by atoms with Crippen LogP contribution in [0.3, 0.4) is 0 Å². The van der Waals surface area contributed by atoms with Crippen molar-refractivity contribution in [2.45, 2.75) is 6.54 Å². The van der Waals surface area contributed by atoms with Gasteiger partial charge < -0.3 is 15.5 Å². The van der Waals surface area contributed by atoms with E-state index in [1.54, 1.807) is 18.2 Å². The van der Waals surface area contributed by atoms with Gasteiger partial charge in [-0.1, -0.05) is 24.3 Å². The summed E-state index contributed by atoms with van der Waals surface area (Å²) < 4.78 is 18.0. The molecule has 0 saturated carbocycles. The number of hydrogen-bond donors (Lipinski definition) is 2. The number of hydrogen-bond acceptors (Lipinski definition) is 3. The Kier molecular flexibility index (Phi) is 4.10. The van der Waals surface area contributed by atoms with Gasteiger partial charge >= 0.3 is 0 Å². The van der Waals surface area contributed by atoms with Crippen LogP contribution in [0.4, 0.5) is 10.1 Å². The summed E-state index contributed by atoms with van der Waals surface area (Å²) in [5.74, 6) is -0.691. The van der Waals surface area contributed by atoms with E-state index in [9.17, 15) is 9.18 Å². The lowest BCUT2D eigenvalue weighted by atomic mass is 10.1. The molecular weight excluding hydrogens is 295 g/mol. The Labute approximate surface area is 132 Å². The van der Waals surface area contributed by atoms with E-state index in [0.717, 1.165) is 16.8 Å². The van der Waals surface area contributed by atoms with Crippen molar-refractivity contribution in [3.05, 3.63) is 78.0 Å². The van der Waals surface area contributed by atoms with Crippen LogP contribution in [0.25, 0.3) is 11.1 Å². The summed E-state index contributed by atoms with van der Waals surface area (Å²) in [4.78, 5) is 11.3. The van der Waals surface area contributed by atoms with E-state index in [0.29, 0.717) is 12.1 Å². The van der Waals surface area contributed by atoms with Crippen molar-refractivity contribution >= 4 is 11.6 Å². The fourth-order valence-electron chi connectivity index (χ4n) is 2.30. The molecular formula is C18H15FN2O2. The fourth-order valence-corrected chi connectivity index (χ4v) is 2.30. The standard InChI is InChI=1S/C18H15FN2O2/c19-14-5-1-12(2-6-14)11-21-15-7-3-13(4-8-15)16-9-10-23-17(16)18(20)22/h1-10,21H,11H2,(H2,20,22). The summed E-state index contributed by atoms with van der Waals surface area (Å²) >= 11 is 0. The van der Waals surface area contributed by atoms with Gasteiger partial charge in [0.1, 0.15) is 5.82 Å². The molecule has 0 aliphatic heterocycles. The Hall–Kier alpha value is -3.08. The predicted octanol–water partition coefficient (Wildman–Crippen LogP) is 3.80. The van der Waals surface area contributed by atoms with Gasteiger partial charge in [0.2, 0.25) is 0 Å². The average molecular weight is 310 g/mol. The topological polar surface area (TPSA) is 68.3 Å². The molecule has 0 atom stereocenters. The number of amides is 1. The van der Waals surface area contributed by atoms with Gasteiger partial charge in [-0.3, -0.25) is 4.79 Å². The summed E-state index contributed by atoms with van der Waals surface area (Å²) in [6, 6.07) is 15.6. The summed E-state index contributed by atoms with van der Waals surface area (Å²) in [7, 11) is 0. The molecule has 1 aromatic heterocycles. The lowest BCUT2D eigenvalue weighted by Gasteiger charge is -2.08. The van der Waals surface area contributed by atoms with Crippen molar-refractivity contribution in [3.8, 4) is 11.1 Å². The molecule has 0 radical (unpaired) electrons. The van der Waals surface area contributed by atoms with Crippen molar-refractivity contribution in [2.75, 3.05) is 5.32 Å². The minimum absolute atomic E-state index is 0.150. The van der Waals surface area contributed by atoms with E-state index in [1.165, 1.54) is 18.4 Å². The van der Waals surface area contributed by atoms with Gasteiger partial charge in [0.15, 0.2) is 5.76 Å². The number of nitrogens with two attached hydrogens (primary N) is 1. The van der Waals surface area contributed by atoms with E-state index in [4.69, 9.17) is 10.2 Å². The molecule has 23 heavy (non-hydrogen) atoms. The van der Waals surface area contributed by atoms with Crippen LogP contribution in [0.2, 0.25) is 0 Å². The fraction of sp³-hybridized carbons (Fsp3) is 0.0556. The van der Waals surface area contributed by atoms with Crippen LogP contribution in [0.15, 0.2) is 65.3 Å². The Morgan fingerprint density at radius 2 is 1.74 bits per heavy atom. The van der Waals surface area contributed by atoms with Gasteiger partial charge in [0.05, 0.1) is 6.26 Å². The molecule has 0 aliphatic carbocycles. The first-order valence-corrected chi connectivity index (χ1v) is 7.09. The second-order valence-corrected chi connectivity index (χ2v) is 5.09. The van der Waals surface area contributed by atoms with Crippen LogP contribution < -0.4 is 11.1 Å². The molecule has 4 nitrogen and oxygen atoms in total. The second-order valence-electron chi connectivity index (χ2n) is 5.09. The molecule has 3 N–H and O–H groups in total. The lowest BCUT2D eigenvalue weighted by Crippen LogP contribution is -2.10. The van der Waals surface area contributed by atoms with E-state index in [-0.39, 0.29) is 11.6 Å². The summed E-state index contributed by atoms with van der Waals surface area (Å²) in [5, 5.41) is 3.25. The highest BCUT2D eigenvalue weighted by molar-refractivity contribution is 5.97. The molecule has 3 aromatic rings. The molecule has 116 valence electrons. The number of primary amides is 1. The summed E-state index contributed by atoms with van der Waals surface area (Å²) in [5.41, 5.74) is 8.70. The molecule has 0 unspecified atom stereocenters. The zero-order valence-corrected chi connectivity index (χ0v) is 12.3.